The molecule has 0 aromatic heterocycles. The number of nitrogens with one attached hydrogen (secondary N) is 1. The van der Waals surface area contributed by atoms with Gasteiger partial charge in [0.2, 0.25) is 16.8 Å². The van der Waals surface area contributed by atoms with Gasteiger partial charge in [0.05, 0.1) is 12.0 Å². The van der Waals surface area contributed by atoms with Crippen LogP contribution in [0.1, 0.15) is 102 Å². The second-order valence-electron chi connectivity index (χ2n) is 8.38. The molecule has 1 aliphatic heterocycles. The van der Waals surface area contributed by atoms with Crippen molar-refractivity contribution in [2.75, 3.05) is 12.5 Å². The summed E-state index contributed by atoms with van der Waals surface area (Å²) in [6, 6.07) is 5.36. The van der Waals surface area contributed by atoms with Gasteiger partial charge in [-0.1, -0.05) is 90.4 Å². The van der Waals surface area contributed by atoms with Crippen LogP contribution < -0.4 is 14.3 Å². The van der Waals surface area contributed by atoms with E-state index in [1.165, 1.54) is 76.8 Å². The summed E-state index contributed by atoms with van der Waals surface area (Å²) in [5.41, 5.74) is 0.753. The summed E-state index contributed by atoms with van der Waals surface area (Å²) in [4.78, 5) is 2.29. The molecule has 1 aliphatic rings. The molecule has 0 saturated heterocycles. The monoisotopic (exact) mass is 452 g/mol. The van der Waals surface area contributed by atoms with E-state index in [0.29, 0.717) is 17.9 Å². The fourth-order valence-corrected chi connectivity index (χ4v) is 4.60. The molecule has 0 radical (unpaired) electrons. The van der Waals surface area contributed by atoms with E-state index >= 15 is 0 Å². The van der Waals surface area contributed by atoms with Crippen molar-refractivity contribution < 1.29 is 17.9 Å². The van der Waals surface area contributed by atoms with Gasteiger partial charge in [-0.05, 0) is 30.2 Å². The lowest BCUT2D eigenvalue weighted by molar-refractivity contribution is 0.174. The molecular formula is C24H40N2O4S. The molecule has 1 aromatic carbocycles. The maximum atomic E-state index is 12.1. The molecule has 31 heavy (non-hydrogen) atoms. The average molecular weight is 453 g/mol. The Labute approximate surface area is 188 Å². The van der Waals surface area contributed by atoms with E-state index in [0.717, 1.165) is 18.4 Å². The fourth-order valence-electron chi connectivity index (χ4n) is 3.71. The fraction of sp³-hybridized carbons (Fsp3) is 0.708. The second-order valence-corrected chi connectivity index (χ2v) is 10.2. The molecule has 1 aromatic rings. The van der Waals surface area contributed by atoms with Crippen molar-refractivity contribution in [1.29, 1.82) is 0 Å². The Morgan fingerprint density at radius 2 is 1.39 bits per heavy atom. The van der Waals surface area contributed by atoms with Crippen LogP contribution in [0.15, 0.2) is 23.3 Å². The van der Waals surface area contributed by atoms with Crippen LogP contribution in [0.4, 0.5) is 0 Å². The third-order valence-corrected chi connectivity index (χ3v) is 6.78. The smallest absolute Gasteiger partial charge is 0.247 e. The van der Waals surface area contributed by atoms with Crippen LogP contribution in [0, 0.1) is 0 Å². The zero-order valence-corrected chi connectivity index (χ0v) is 19.9. The van der Waals surface area contributed by atoms with Gasteiger partial charge in [0.15, 0.2) is 11.5 Å². The van der Waals surface area contributed by atoms with Gasteiger partial charge in [-0.15, -0.1) is 0 Å². The summed E-state index contributed by atoms with van der Waals surface area (Å²) < 4.78 is 34.7. The normalized spacial score (nSPS) is 13.2. The van der Waals surface area contributed by atoms with Crippen molar-refractivity contribution in [1.82, 2.24) is 4.83 Å². The molecule has 0 amide bonds. The molecule has 2 rings (SSSR count). The Bertz CT molecular complexity index is 750. The van der Waals surface area contributed by atoms with Gasteiger partial charge in [-0.3, -0.25) is 0 Å². The molecular weight excluding hydrogens is 412 g/mol. The summed E-state index contributed by atoms with van der Waals surface area (Å²) in [6.07, 6.45) is 18.9. The maximum Gasteiger partial charge on any atom is 0.247 e. The van der Waals surface area contributed by atoms with E-state index in [2.05, 4.69) is 16.9 Å². The number of hydrogen-bond donors (Lipinski definition) is 1. The van der Waals surface area contributed by atoms with Gasteiger partial charge in [0.25, 0.3) is 0 Å². The Balaban J connectivity index is 1.44. The van der Waals surface area contributed by atoms with Gasteiger partial charge in [0.1, 0.15) is 0 Å². The third kappa shape index (κ3) is 11.4. The quantitative estimate of drug-likeness (QED) is 0.165. The minimum atomic E-state index is -3.38. The summed E-state index contributed by atoms with van der Waals surface area (Å²) >= 11 is 0. The molecule has 0 atom stereocenters. The third-order valence-electron chi connectivity index (χ3n) is 5.57. The van der Waals surface area contributed by atoms with E-state index in [9.17, 15) is 8.42 Å². The summed E-state index contributed by atoms with van der Waals surface area (Å²) in [7, 11) is -3.38. The lowest BCUT2D eigenvalue weighted by Crippen LogP contribution is -2.21. The molecule has 176 valence electrons. The van der Waals surface area contributed by atoms with Gasteiger partial charge in [-0.25, -0.2) is 13.2 Å². The predicted octanol–water partition coefficient (Wildman–Crippen LogP) is 6.15. The number of ether oxygens (including phenoxy) is 2. The van der Waals surface area contributed by atoms with Crippen molar-refractivity contribution in [2.24, 2.45) is 5.10 Å². The molecule has 0 bridgehead atoms. The number of unbranched alkanes of at least 4 members (excludes halogenated alkanes) is 13. The van der Waals surface area contributed by atoms with Gasteiger partial charge >= 0.3 is 0 Å². The Morgan fingerprint density at radius 3 is 2.00 bits per heavy atom. The molecule has 0 fully saturated rings. The van der Waals surface area contributed by atoms with Crippen molar-refractivity contribution in [3.63, 3.8) is 0 Å². The minimum Gasteiger partial charge on any atom is -0.454 e. The number of nitrogens with zero attached hydrogens (tertiary/aromatic N) is 1. The number of hydrogen-bond acceptors (Lipinski definition) is 5. The number of sulfonamides is 1. The second kappa shape index (κ2) is 15.1. The summed E-state index contributed by atoms with van der Waals surface area (Å²) in [5, 5.41) is 3.86. The van der Waals surface area contributed by atoms with Crippen molar-refractivity contribution in [3.8, 4) is 11.5 Å². The molecule has 0 unspecified atom stereocenters. The molecule has 1 N–H and O–H groups in total. The largest absolute Gasteiger partial charge is 0.454 e. The molecule has 7 heteroatoms. The summed E-state index contributed by atoms with van der Waals surface area (Å²) in [6.45, 7) is 2.47. The van der Waals surface area contributed by atoms with E-state index in [4.69, 9.17) is 9.47 Å². The molecule has 0 spiro atoms. The molecule has 0 saturated carbocycles. The minimum absolute atomic E-state index is 0.115. The van der Waals surface area contributed by atoms with Crippen LogP contribution in [-0.4, -0.2) is 27.2 Å². The van der Waals surface area contributed by atoms with Crippen LogP contribution in [0.2, 0.25) is 0 Å². The van der Waals surface area contributed by atoms with Crippen LogP contribution >= 0.6 is 0 Å². The first-order valence-electron chi connectivity index (χ1n) is 12.0. The van der Waals surface area contributed by atoms with Gasteiger partial charge in [0, 0.05) is 0 Å². The van der Waals surface area contributed by atoms with E-state index in [-0.39, 0.29) is 12.5 Å². The standard InChI is InChI=1S/C24H40N2O4S/c1-2-3-4-5-6-7-8-9-10-11-12-13-14-15-18-31(27,28)26-25-20-22-16-17-23-24(19-22)30-21-29-23/h16-17,19-20,26H,2-15,18,21H2,1H3/b25-20+. The molecule has 1 heterocycles. The summed E-state index contributed by atoms with van der Waals surface area (Å²) in [5.74, 6) is 1.45. The zero-order valence-electron chi connectivity index (χ0n) is 19.1. The predicted molar refractivity (Wildman–Crippen MR) is 127 cm³/mol. The van der Waals surface area contributed by atoms with Crippen LogP contribution in [-0.2, 0) is 10.0 Å². The van der Waals surface area contributed by atoms with Gasteiger partial charge < -0.3 is 9.47 Å². The van der Waals surface area contributed by atoms with Crippen molar-refractivity contribution in [3.05, 3.63) is 23.8 Å². The Hall–Kier alpha value is -1.76. The first kappa shape index (κ1) is 25.5. The number of rotatable bonds is 18. The number of fused-ring (bicyclic) bond motifs is 1. The highest BCUT2D eigenvalue weighted by atomic mass is 32.2. The number of benzene rings is 1. The lowest BCUT2D eigenvalue weighted by Gasteiger charge is -2.04. The maximum absolute atomic E-state index is 12.1. The van der Waals surface area contributed by atoms with Crippen LogP contribution in [0.25, 0.3) is 0 Å². The molecule has 0 aliphatic carbocycles. The van der Waals surface area contributed by atoms with Crippen molar-refractivity contribution in [2.45, 2.75) is 96.8 Å². The van der Waals surface area contributed by atoms with Gasteiger partial charge in [-0.2, -0.15) is 5.10 Å². The topological polar surface area (TPSA) is 77.0 Å². The Morgan fingerprint density at radius 1 is 0.839 bits per heavy atom. The first-order chi connectivity index (χ1) is 15.1. The lowest BCUT2D eigenvalue weighted by atomic mass is 10.0. The molecule has 6 nitrogen and oxygen atoms in total. The highest BCUT2D eigenvalue weighted by molar-refractivity contribution is 7.89. The highest BCUT2D eigenvalue weighted by Crippen LogP contribution is 2.31. The van der Waals surface area contributed by atoms with E-state index in [1.54, 1.807) is 18.2 Å². The average Bonchev–Trinajstić information content (AvgIpc) is 3.22. The van der Waals surface area contributed by atoms with E-state index in [1.807, 2.05) is 0 Å². The van der Waals surface area contributed by atoms with Crippen LogP contribution in [0.5, 0.6) is 11.5 Å². The highest BCUT2D eigenvalue weighted by Gasteiger charge is 2.12. The SMILES string of the molecule is CCCCCCCCCCCCCCCCS(=O)(=O)N/N=C/c1ccc2c(c1)OCO2. The van der Waals surface area contributed by atoms with Crippen LogP contribution in [0.3, 0.4) is 0 Å². The number of hydrazone groups is 1. The Kier molecular flexibility index (Phi) is 12.4. The van der Waals surface area contributed by atoms with E-state index < -0.39 is 10.0 Å². The first-order valence-corrected chi connectivity index (χ1v) is 13.7. The zero-order chi connectivity index (χ0) is 22.2. The van der Waals surface area contributed by atoms with Crippen molar-refractivity contribution >= 4 is 16.2 Å².